The summed E-state index contributed by atoms with van der Waals surface area (Å²) in [6, 6.07) is 3.49. The normalized spacial score (nSPS) is 12.4. The average Bonchev–Trinajstić information content (AvgIpc) is 2.94. The number of thiophene rings is 1. The molecule has 0 saturated heterocycles. The Morgan fingerprint density at radius 2 is 2.39 bits per heavy atom. The van der Waals surface area contributed by atoms with Crippen molar-refractivity contribution in [3.8, 4) is 0 Å². The van der Waals surface area contributed by atoms with E-state index < -0.39 is 6.10 Å². The number of aryl methyl sites for hydroxylation is 2. The molecular formula is C12H14N2O3S. The topological polar surface area (TPSA) is 75.4 Å². The van der Waals surface area contributed by atoms with Gasteiger partial charge in [-0.25, -0.2) is 0 Å². The molecule has 0 unspecified atom stereocenters. The van der Waals surface area contributed by atoms with Gasteiger partial charge in [0, 0.05) is 17.5 Å². The molecule has 18 heavy (non-hydrogen) atoms. The second-order valence-electron chi connectivity index (χ2n) is 4.02. The monoisotopic (exact) mass is 266 g/mol. The van der Waals surface area contributed by atoms with E-state index in [1.165, 1.54) is 11.3 Å². The predicted molar refractivity (Wildman–Crippen MR) is 67.6 cm³/mol. The summed E-state index contributed by atoms with van der Waals surface area (Å²) in [7, 11) is 0. The Hall–Kier alpha value is -1.66. The van der Waals surface area contributed by atoms with E-state index in [0.29, 0.717) is 5.76 Å². The Morgan fingerprint density at radius 1 is 1.61 bits per heavy atom. The molecule has 0 aliphatic carbocycles. The van der Waals surface area contributed by atoms with E-state index in [0.717, 1.165) is 10.4 Å². The third-order valence-electron chi connectivity index (χ3n) is 2.52. The van der Waals surface area contributed by atoms with Gasteiger partial charge in [0.25, 0.3) is 5.91 Å². The minimum Gasteiger partial charge on any atom is -0.386 e. The van der Waals surface area contributed by atoms with E-state index in [-0.39, 0.29) is 18.1 Å². The van der Waals surface area contributed by atoms with E-state index in [1.807, 2.05) is 18.4 Å². The maximum atomic E-state index is 11.7. The average molecular weight is 266 g/mol. The van der Waals surface area contributed by atoms with Crippen molar-refractivity contribution < 1.29 is 14.4 Å². The van der Waals surface area contributed by atoms with Crippen LogP contribution in [-0.4, -0.2) is 22.7 Å². The molecular weight excluding hydrogens is 252 g/mol. The Bertz CT molecular complexity index is 547. The van der Waals surface area contributed by atoms with Gasteiger partial charge in [0.2, 0.25) is 0 Å². The number of amides is 1. The fraction of sp³-hybridized carbons (Fsp3) is 0.333. The molecule has 0 spiro atoms. The van der Waals surface area contributed by atoms with Gasteiger partial charge in [-0.3, -0.25) is 4.79 Å². The number of carbonyl (C=O) groups is 1. The summed E-state index contributed by atoms with van der Waals surface area (Å²) in [5, 5.41) is 18.1. The number of carbonyl (C=O) groups excluding carboxylic acids is 1. The molecule has 0 aromatic carbocycles. The lowest BCUT2D eigenvalue weighted by Gasteiger charge is -2.10. The van der Waals surface area contributed by atoms with Crippen molar-refractivity contribution in [3.63, 3.8) is 0 Å². The second kappa shape index (κ2) is 5.32. The smallest absolute Gasteiger partial charge is 0.273 e. The van der Waals surface area contributed by atoms with E-state index in [2.05, 4.69) is 10.5 Å². The highest BCUT2D eigenvalue weighted by Gasteiger charge is 2.15. The fourth-order valence-corrected chi connectivity index (χ4v) is 2.48. The number of aliphatic hydroxyl groups is 1. The molecule has 0 aliphatic rings. The van der Waals surface area contributed by atoms with Gasteiger partial charge in [0.15, 0.2) is 5.69 Å². The van der Waals surface area contributed by atoms with Gasteiger partial charge in [0.05, 0.1) is 0 Å². The SMILES string of the molecule is Cc1cc(C(=O)NC[C@@H](O)c2sccc2C)no1. The molecule has 2 aromatic rings. The number of rotatable bonds is 4. The Labute approximate surface area is 108 Å². The summed E-state index contributed by atoms with van der Waals surface area (Å²) >= 11 is 1.47. The summed E-state index contributed by atoms with van der Waals surface area (Å²) in [6.45, 7) is 3.80. The molecule has 0 bridgehead atoms. The van der Waals surface area contributed by atoms with Crippen LogP contribution in [0, 0.1) is 13.8 Å². The first-order valence-electron chi connectivity index (χ1n) is 5.51. The minimum atomic E-state index is -0.693. The zero-order valence-electron chi connectivity index (χ0n) is 10.1. The van der Waals surface area contributed by atoms with Crippen molar-refractivity contribution in [2.24, 2.45) is 0 Å². The predicted octanol–water partition coefficient (Wildman–Crippen LogP) is 1.82. The molecule has 2 rings (SSSR count). The third kappa shape index (κ3) is 2.77. The third-order valence-corrected chi connectivity index (χ3v) is 3.64. The lowest BCUT2D eigenvalue weighted by molar-refractivity contribution is 0.0908. The summed E-state index contributed by atoms with van der Waals surface area (Å²) < 4.78 is 4.81. The second-order valence-corrected chi connectivity index (χ2v) is 4.96. The molecule has 0 aliphatic heterocycles. The van der Waals surface area contributed by atoms with Crippen LogP contribution in [0.3, 0.4) is 0 Å². The van der Waals surface area contributed by atoms with Gasteiger partial charge in [-0.2, -0.15) is 0 Å². The van der Waals surface area contributed by atoms with Crippen LogP contribution < -0.4 is 5.32 Å². The first-order valence-corrected chi connectivity index (χ1v) is 6.39. The Balaban J connectivity index is 1.92. The number of aromatic nitrogens is 1. The van der Waals surface area contributed by atoms with Gasteiger partial charge in [0.1, 0.15) is 11.9 Å². The van der Waals surface area contributed by atoms with Gasteiger partial charge in [-0.05, 0) is 30.9 Å². The van der Waals surface area contributed by atoms with Crippen molar-refractivity contribution in [3.05, 3.63) is 39.4 Å². The van der Waals surface area contributed by atoms with Gasteiger partial charge < -0.3 is 14.9 Å². The highest BCUT2D eigenvalue weighted by atomic mass is 32.1. The molecule has 0 fully saturated rings. The van der Waals surface area contributed by atoms with Gasteiger partial charge >= 0.3 is 0 Å². The number of nitrogens with one attached hydrogen (secondary N) is 1. The highest BCUT2D eigenvalue weighted by Crippen LogP contribution is 2.23. The van der Waals surface area contributed by atoms with Crippen molar-refractivity contribution in [1.29, 1.82) is 0 Å². The molecule has 1 atom stereocenters. The number of nitrogens with zero attached hydrogens (tertiary/aromatic N) is 1. The van der Waals surface area contributed by atoms with Crippen LogP contribution in [0.25, 0.3) is 0 Å². The van der Waals surface area contributed by atoms with Crippen LogP contribution in [0.1, 0.15) is 32.8 Å². The zero-order valence-corrected chi connectivity index (χ0v) is 11.0. The van der Waals surface area contributed by atoms with Crippen LogP contribution in [0.5, 0.6) is 0 Å². The summed E-state index contributed by atoms with van der Waals surface area (Å²) in [5.41, 5.74) is 1.25. The maximum Gasteiger partial charge on any atom is 0.273 e. The summed E-state index contributed by atoms with van der Waals surface area (Å²) in [4.78, 5) is 12.5. The quantitative estimate of drug-likeness (QED) is 0.885. The molecule has 1 amide bonds. The minimum absolute atomic E-state index is 0.159. The van der Waals surface area contributed by atoms with E-state index >= 15 is 0 Å². The Morgan fingerprint density at radius 3 is 2.94 bits per heavy atom. The highest BCUT2D eigenvalue weighted by molar-refractivity contribution is 7.10. The fourth-order valence-electron chi connectivity index (χ4n) is 1.57. The lowest BCUT2D eigenvalue weighted by atomic mass is 10.2. The Kier molecular flexibility index (Phi) is 3.78. The molecule has 0 saturated carbocycles. The van der Waals surface area contributed by atoms with E-state index in [1.54, 1.807) is 13.0 Å². The van der Waals surface area contributed by atoms with Gasteiger partial charge in [-0.15, -0.1) is 11.3 Å². The van der Waals surface area contributed by atoms with Crippen molar-refractivity contribution in [1.82, 2.24) is 10.5 Å². The van der Waals surface area contributed by atoms with Crippen LogP contribution in [0.15, 0.2) is 22.0 Å². The molecule has 2 aromatic heterocycles. The standard InChI is InChI=1S/C12H14N2O3S/c1-7-3-4-18-11(7)10(15)6-13-12(16)9-5-8(2)17-14-9/h3-5,10,15H,6H2,1-2H3,(H,13,16)/t10-/m1/s1. The lowest BCUT2D eigenvalue weighted by Crippen LogP contribution is -2.28. The summed E-state index contributed by atoms with van der Waals surface area (Å²) in [5.74, 6) is 0.231. The molecule has 96 valence electrons. The number of hydrogen-bond acceptors (Lipinski definition) is 5. The molecule has 2 N–H and O–H groups in total. The van der Waals surface area contributed by atoms with Gasteiger partial charge in [-0.1, -0.05) is 5.16 Å². The van der Waals surface area contributed by atoms with Crippen LogP contribution >= 0.6 is 11.3 Å². The number of aliphatic hydroxyl groups excluding tert-OH is 1. The number of hydrogen-bond donors (Lipinski definition) is 2. The van der Waals surface area contributed by atoms with Crippen LogP contribution in [0.4, 0.5) is 0 Å². The maximum absolute atomic E-state index is 11.7. The first-order chi connectivity index (χ1) is 8.58. The van der Waals surface area contributed by atoms with Crippen molar-refractivity contribution in [2.45, 2.75) is 20.0 Å². The molecule has 6 heteroatoms. The van der Waals surface area contributed by atoms with Crippen LogP contribution in [-0.2, 0) is 0 Å². The molecule has 0 radical (unpaired) electrons. The van der Waals surface area contributed by atoms with E-state index in [4.69, 9.17) is 4.52 Å². The largest absolute Gasteiger partial charge is 0.386 e. The first kappa shape index (κ1) is 12.8. The zero-order chi connectivity index (χ0) is 13.1. The van der Waals surface area contributed by atoms with E-state index in [9.17, 15) is 9.90 Å². The molecule has 2 heterocycles. The van der Waals surface area contributed by atoms with Crippen molar-refractivity contribution >= 4 is 17.2 Å². The van der Waals surface area contributed by atoms with Crippen molar-refractivity contribution in [2.75, 3.05) is 6.54 Å². The summed E-state index contributed by atoms with van der Waals surface area (Å²) in [6.07, 6.45) is -0.693. The van der Waals surface area contributed by atoms with Crippen LogP contribution in [0.2, 0.25) is 0 Å². The molecule has 5 nitrogen and oxygen atoms in total.